The lowest BCUT2D eigenvalue weighted by Gasteiger charge is -2.21. The Balaban J connectivity index is 1.53. The van der Waals surface area contributed by atoms with Crippen molar-refractivity contribution in [2.24, 2.45) is 0 Å². The first-order valence-corrected chi connectivity index (χ1v) is 9.65. The number of nitrogens with zero attached hydrogens (tertiary/aromatic N) is 4. The van der Waals surface area contributed by atoms with E-state index in [-0.39, 0.29) is 0 Å². The molecule has 4 aromatic heterocycles. The van der Waals surface area contributed by atoms with Gasteiger partial charge in [-0.25, -0.2) is 9.67 Å². The van der Waals surface area contributed by atoms with Crippen LogP contribution in [0.3, 0.4) is 0 Å². The van der Waals surface area contributed by atoms with Crippen LogP contribution in [0, 0.1) is 13.8 Å². The van der Waals surface area contributed by atoms with Gasteiger partial charge in [0.25, 0.3) is 0 Å². The van der Waals surface area contributed by atoms with Crippen molar-refractivity contribution in [1.29, 1.82) is 0 Å². The fourth-order valence-corrected chi connectivity index (χ4v) is 4.96. The zero-order chi connectivity index (χ0) is 17.0. The molecule has 4 aromatic rings. The van der Waals surface area contributed by atoms with E-state index in [9.17, 15) is 0 Å². The average molecular weight is 351 g/mol. The van der Waals surface area contributed by atoms with E-state index < -0.39 is 0 Å². The van der Waals surface area contributed by atoms with Crippen LogP contribution < -0.4 is 5.32 Å². The smallest absolute Gasteiger partial charge is 0.140 e. The summed E-state index contributed by atoms with van der Waals surface area (Å²) in [7, 11) is 0. The molecule has 25 heavy (non-hydrogen) atoms. The molecule has 5 rings (SSSR count). The lowest BCUT2D eigenvalue weighted by Crippen LogP contribution is -2.26. The van der Waals surface area contributed by atoms with Gasteiger partial charge in [-0.2, -0.15) is 5.10 Å². The van der Waals surface area contributed by atoms with Gasteiger partial charge in [-0.3, -0.25) is 0 Å². The molecule has 5 nitrogen and oxygen atoms in total. The standard InChI is InChI=1S/C19H21N5S/c1-12-7-15(10-23-9-13(2)21-19(12)23)24-11-18-16(22-24)8-17(25-18)14-3-5-20-6-4-14/h7-11,14,20H,3-6H2,1-2H3. The average Bonchev–Trinajstić information content (AvgIpc) is 3.27. The summed E-state index contributed by atoms with van der Waals surface area (Å²) in [6.45, 7) is 6.39. The maximum atomic E-state index is 4.83. The third kappa shape index (κ3) is 2.56. The minimum absolute atomic E-state index is 0.696. The highest BCUT2D eigenvalue weighted by molar-refractivity contribution is 7.19. The summed E-state index contributed by atoms with van der Waals surface area (Å²) in [6, 6.07) is 4.45. The van der Waals surface area contributed by atoms with Gasteiger partial charge in [0.1, 0.15) is 11.2 Å². The topological polar surface area (TPSA) is 47.1 Å². The second-order valence-corrected chi connectivity index (χ2v) is 8.11. The third-order valence-electron chi connectivity index (χ3n) is 5.06. The molecule has 1 aliphatic rings. The minimum atomic E-state index is 0.696. The number of aryl methyl sites for hydroxylation is 2. The largest absolute Gasteiger partial charge is 0.317 e. The van der Waals surface area contributed by atoms with Crippen molar-refractivity contribution in [2.45, 2.75) is 32.6 Å². The molecule has 1 fully saturated rings. The molecule has 1 aliphatic heterocycles. The number of nitrogens with one attached hydrogen (secondary N) is 1. The van der Waals surface area contributed by atoms with E-state index in [2.05, 4.69) is 52.3 Å². The van der Waals surface area contributed by atoms with Crippen LogP contribution in [0.4, 0.5) is 0 Å². The van der Waals surface area contributed by atoms with Gasteiger partial charge in [0.05, 0.1) is 16.1 Å². The molecule has 0 radical (unpaired) electrons. The number of fused-ring (bicyclic) bond motifs is 2. The predicted octanol–water partition coefficient (Wildman–Crippen LogP) is 3.82. The molecule has 1 saturated heterocycles. The SMILES string of the molecule is Cc1cn2cc(-n3cc4sc(C5CCNCC5)cc4n3)cc(C)c2n1. The molecule has 128 valence electrons. The normalized spacial score (nSPS) is 16.2. The van der Waals surface area contributed by atoms with Crippen LogP contribution in [0.25, 0.3) is 21.6 Å². The first kappa shape index (κ1) is 15.1. The summed E-state index contributed by atoms with van der Waals surface area (Å²) in [4.78, 5) is 6.06. The van der Waals surface area contributed by atoms with Crippen LogP contribution in [-0.4, -0.2) is 32.3 Å². The first-order chi connectivity index (χ1) is 12.2. The van der Waals surface area contributed by atoms with E-state index in [1.54, 1.807) is 0 Å². The van der Waals surface area contributed by atoms with Crippen LogP contribution >= 0.6 is 11.3 Å². The van der Waals surface area contributed by atoms with Gasteiger partial charge in [0.15, 0.2) is 0 Å². The Morgan fingerprint density at radius 2 is 1.96 bits per heavy atom. The number of hydrogen-bond acceptors (Lipinski definition) is 4. The minimum Gasteiger partial charge on any atom is -0.317 e. The third-order valence-corrected chi connectivity index (χ3v) is 6.28. The van der Waals surface area contributed by atoms with Crippen LogP contribution in [-0.2, 0) is 0 Å². The number of pyridine rings is 1. The summed E-state index contributed by atoms with van der Waals surface area (Å²) < 4.78 is 5.36. The van der Waals surface area contributed by atoms with Gasteiger partial charge >= 0.3 is 0 Å². The molecule has 1 N–H and O–H groups in total. The van der Waals surface area contributed by atoms with E-state index in [1.165, 1.54) is 28.0 Å². The zero-order valence-corrected chi connectivity index (χ0v) is 15.3. The second-order valence-electron chi connectivity index (χ2n) is 6.99. The van der Waals surface area contributed by atoms with Crippen molar-refractivity contribution < 1.29 is 0 Å². The number of hydrogen-bond donors (Lipinski definition) is 1. The molecular formula is C19H21N5S. The molecule has 0 aromatic carbocycles. The Morgan fingerprint density at radius 3 is 2.76 bits per heavy atom. The lowest BCUT2D eigenvalue weighted by molar-refractivity contribution is 0.465. The summed E-state index contributed by atoms with van der Waals surface area (Å²) in [5.74, 6) is 0.696. The fourth-order valence-electron chi connectivity index (χ4n) is 3.78. The summed E-state index contributed by atoms with van der Waals surface area (Å²) in [5.41, 5.74) is 5.41. The molecule has 0 spiro atoms. The molecule has 6 heteroatoms. The van der Waals surface area contributed by atoms with E-state index in [0.29, 0.717) is 5.92 Å². The quantitative estimate of drug-likeness (QED) is 0.597. The van der Waals surface area contributed by atoms with Gasteiger partial charge < -0.3 is 9.72 Å². The van der Waals surface area contributed by atoms with Crippen molar-refractivity contribution in [3.05, 3.63) is 46.9 Å². The van der Waals surface area contributed by atoms with Gasteiger partial charge in [0.2, 0.25) is 0 Å². The van der Waals surface area contributed by atoms with Crippen molar-refractivity contribution in [3.63, 3.8) is 0 Å². The number of rotatable bonds is 2. The number of aromatic nitrogens is 4. The van der Waals surface area contributed by atoms with Crippen LogP contribution in [0.5, 0.6) is 0 Å². The van der Waals surface area contributed by atoms with Crippen LogP contribution in [0.15, 0.2) is 30.7 Å². The Bertz CT molecular complexity index is 1030. The molecule has 0 amide bonds. The zero-order valence-electron chi connectivity index (χ0n) is 14.5. The Morgan fingerprint density at radius 1 is 1.12 bits per heavy atom. The van der Waals surface area contributed by atoms with Crippen molar-refractivity contribution in [2.75, 3.05) is 13.1 Å². The van der Waals surface area contributed by atoms with Crippen molar-refractivity contribution in [3.8, 4) is 5.69 Å². The van der Waals surface area contributed by atoms with Crippen LogP contribution in [0.2, 0.25) is 0 Å². The maximum absolute atomic E-state index is 4.83. The highest BCUT2D eigenvalue weighted by Crippen LogP contribution is 2.35. The molecule has 0 aliphatic carbocycles. The van der Waals surface area contributed by atoms with Crippen LogP contribution in [0.1, 0.15) is 34.9 Å². The van der Waals surface area contributed by atoms with Gasteiger partial charge in [-0.05, 0) is 63.4 Å². The molecule has 0 bridgehead atoms. The Kier molecular flexibility index (Phi) is 3.43. The summed E-state index contributed by atoms with van der Waals surface area (Å²) in [6.07, 6.45) is 8.80. The van der Waals surface area contributed by atoms with Crippen molar-refractivity contribution >= 4 is 27.2 Å². The fraction of sp³-hybridized carbons (Fsp3) is 0.368. The maximum Gasteiger partial charge on any atom is 0.140 e. The summed E-state index contributed by atoms with van der Waals surface area (Å²) in [5, 5.41) is 8.27. The van der Waals surface area contributed by atoms with Gasteiger partial charge in [-0.15, -0.1) is 11.3 Å². The number of thiophene rings is 1. The van der Waals surface area contributed by atoms with E-state index in [1.807, 2.05) is 22.9 Å². The number of piperidine rings is 1. The molecule has 0 atom stereocenters. The van der Waals surface area contributed by atoms with Crippen molar-refractivity contribution in [1.82, 2.24) is 24.5 Å². The second kappa shape index (κ2) is 5.68. The molecule has 0 unspecified atom stereocenters. The molecule has 5 heterocycles. The predicted molar refractivity (Wildman–Crippen MR) is 102 cm³/mol. The monoisotopic (exact) mass is 351 g/mol. The molecule has 0 saturated carbocycles. The number of imidazole rings is 1. The van der Waals surface area contributed by atoms with Gasteiger partial charge in [0, 0.05) is 23.5 Å². The Labute approximate surface area is 150 Å². The van der Waals surface area contributed by atoms with E-state index in [0.717, 1.165) is 35.6 Å². The van der Waals surface area contributed by atoms with E-state index >= 15 is 0 Å². The lowest BCUT2D eigenvalue weighted by atomic mass is 9.96. The Hall–Kier alpha value is -2.18. The highest BCUT2D eigenvalue weighted by atomic mass is 32.1. The van der Waals surface area contributed by atoms with Gasteiger partial charge in [-0.1, -0.05) is 0 Å². The van der Waals surface area contributed by atoms with E-state index in [4.69, 9.17) is 5.10 Å². The highest BCUT2D eigenvalue weighted by Gasteiger charge is 2.19. The summed E-state index contributed by atoms with van der Waals surface area (Å²) >= 11 is 1.90. The first-order valence-electron chi connectivity index (χ1n) is 8.83. The molecular weight excluding hydrogens is 330 g/mol.